The zero-order valence-electron chi connectivity index (χ0n) is 20.5. The third kappa shape index (κ3) is 11.4. The Hall–Kier alpha value is -3.55. The van der Waals surface area contributed by atoms with Gasteiger partial charge >= 0.3 is 29.8 Å². The van der Waals surface area contributed by atoms with Gasteiger partial charge in [0.05, 0.1) is 48.7 Å². The number of aliphatic hydroxyl groups is 3. The summed E-state index contributed by atoms with van der Waals surface area (Å²) in [5.41, 5.74) is -4.11. The van der Waals surface area contributed by atoms with Crippen molar-refractivity contribution in [3.05, 3.63) is 34.4 Å². The maximum absolute atomic E-state index is 11.4. The second kappa shape index (κ2) is 17.0. The number of aliphatic hydroxyl groups excluding tert-OH is 3. The minimum Gasteiger partial charge on any atom is -0.478 e. The number of unbranched alkanes of at least 4 members (excludes halogenated alkanes) is 4. The van der Waals surface area contributed by atoms with Crippen LogP contribution in [0.4, 0.5) is 0 Å². The van der Waals surface area contributed by atoms with Crippen LogP contribution in [-0.2, 0) is 9.53 Å². The van der Waals surface area contributed by atoms with Crippen LogP contribution in [0, 0.1) is 5.41 Å². The van der Waals surface area contributed by atoms with Gasteiger partial charge in [0.2, 0.25) is 0 Å². The molecule has 37 heavy (non-hydrogen) atoms. The third-order valence-electron chi connectivity index (χ3n) is 5.47. The topological polar surface area (TPSA) is 236 Å². The molecule has 7 N–H and O–H groups in total. The molecule has 1 rings (SSSR count). The molecule has 0 aliphatic rings. The molecule has 13 heteroatoms. The molecule has 0 heterocycles. The fourth-order valence-electron chi connectivity index (χ4n) is 3.02. The van der Waals surface area contributed by atoms with Crippen molar-refractivity contribution >= 4 is 29.8 Å². The van der Waals surface area contributed by atoms with E-state index in [2.05, 4.69) is 6.92 Å². The largest absolute Gasteiger partial charge is 0.478 e. The molecule has 1 aromatic rings. The van der Waals surface area contributed by atoms with E-state index in [1.165, 1.54) is 12.8 Å². The predicted molar refractivity (Wildman–Crippen MR) is 127 cm³/mol. The van der Waals surface area contributed by atoms with Gasteiger partial charge in [-0.1, -0.05) is 32.6 Å². The number of ether oxygens (including phenoxy) is 1. The summed E-state index contributed by atoms with van der Waals surface area (Å²) in [6, 6.07) is 1.02. The van der Waals surface area contributed by atoms with Gasteiger partial charge in [0.1, 0.15) is 0 Å². The molecule has 0 bridgehead atoms. The SMILES string of the molecule is CCCCCCCC(=O)OCCC(CO)(CO)CO.O=C(O)c1cc(C(=O)O)c(C(=O)O)cc1C(=O)O. The van der Waals surface area contributed by atoms with Crippen LogP contribution < -0.4 is 0 Å². The van der Waals surface area contributed by atoms with E-state index < -0.39 is 51.5 Å². The Bertz CT molecular complexity index is 828. The summed E-state index contributed by atoms with van der Waals surface area (Å²) >= 11 is 0. The number of esters is 1. The van der Waals surface area contributed by atoms with Gasteiger partial charge in [-0.2, -0.15) is 0 Å². The molecule has 0 spiro atoms. The van der Waals surface area contributed by atoms with Gasteiger partial charge in [-0.15, -0.1) is 0 Å². The first-order valence-corrected chi connectivity index (χ1v) is 11.5. The number of hydrogen-bond donors (Lipinski definition) is 7. The van der Waals surface area contributed by atoms with E-state index in [1.807, 2.05) is 0 Å². The maximum atomic E-state index is 11.4. The number of carboxylic acid groups (broad SMARTS) is 4. The highest BCUT2D eigenvalue weighted by atomic mass is 16.5. The van der Waals surface area contributed by atoms with E-state index in [0.717, 1.165) is 19.3 Å². The molecule has 0 saturated carbocycles. The molecule has 13 nitrogen and oxygen atoms in total. The number of aromatic carboxylic acids is 4. The molecular formula is C24H34O13. The lowest BCUT2D eigenvalue weighted by atomic mass is 9.88. The van der Waals surface area contributed by atoms with Gasteiger partial charge in [-0.25, -0.2) is 19.2 Å². The average molecular weight is 531 g/mol. The lowest BCUT2D eigenvalue weighted by Crippen LogP contribution is -2.35. The van der Waals surface area contributed by atoms with E-state index in [4.69, 9.17) is 40.5 Å². The van der Waals surface area contributed by atoms with Crippen molar-refractivity contribution < 1.29 is 64.5 Å². The van der Waals surface area contributed by atoms with Crippen LogP contribution in [-0.4, -0.2) is 92.0 Å². The Kier molecular flexibility index (Phi) is 15.4. The van der Waals surface area contributed by atoms with Crippen LogP contribution in [0.25, 0.3) is 0 Å². The molecule has 0 fully saturated rings. The second-order valence-corrected chi connectivity index (χ2v) is 8.27. The van der Waals surface area contributed by atoms with Crippen LogP contribution in [0.1, 0.15) is 93.3 Å². The summed E-state index contributed by atoms with van der Waals surface area (Å²) in [6.45, 7) is 1.29. The minimum absolute atomic E-state index is 0.121. The van der Waals surface area contributed by atoms with Crippen LogP contribution in [0.15, 0.2) is 12.1 Å². The number of rotatable bonds is 16. The lowest BCUT2D eigenvalue weighted by molar-refractivity contribution is -0.145. The van der Waals surface area contributed by atoms with E-state index in [-0.39, 0.29) is 38.8 Å². The van der Waals surface area contributed by atoms with Gasteiger partial charge in [0, 0.05) is 11.8 Å². The standard InChI is InChI=1S/C14H28O5.C10H6O8/c1-2-3-4-5-6-7-13(18)19-9-8-14(10-15,11-16)12-17;11-7(12)3-1-4(8(13)14)6(10(17)18)2-5(3)9(15)16/h15-17H,2-12H2,1H3;1-2H,(H,11,12)(H,13,14)(H,15,16)(H,17,18). The molecule has 0 radical (unpaired) electrons. The Labute approximate surface area is 212 Å². The summed E-state index contributed by atoms with van der Waals surface area (Å²) in [5, 5.41) is 62.3. The summed E-state index contributed by atoms with van der Waals surface area (Å²) in [5.74, 6) is -6.89. The minimum atomic E-state index is -1.66. The first kappa shape index (κ1) is 33.4. The number of carboxylic acids is 4. The maximum Gasteiger partial charge on any atom is 0.336 e. The van der Waals surface area contributed by atoms with Gasteiger partial charge < -0.3 is 40.5 Å². The van der Waals surface area contributed by atoms with Crippen molar-refractivity contribution in [3.63, 3.8) is 0 Å². The highest BCUT2D eigenvalue weighted by Crippen LogP contribution is 2.20. The Morgan fingerprint density at radius 3 is 1.38 bits per heavy atom. The fraction of sp³-hybridized carbons (Fsp3) is 0.542. The summed E-state index contributed by atoms with van der Waals surface area (Å²) in [7, 11) is 0. The normalized spacial score (nSPS) is 10.7. The quantitative estimate of drug-likeness (QED) is 0.119. The van der Waals surface area contributed by atoms with Gasteiger partial charge in [0.15, 0.2) is 0 Å². The van der Waals surface area contributed by atoms with E-state index >= 15 is 0 Å². The van der Waals surface area contributed by atoms with Gasteiger partial charge in [0.25, 0.3) is 0 Å². The predicted octanol–water partition coefficient (Wildman–Crippen LogP) is 1.72. The number of carbonyl (C=O) groups is 5. The first-order chi connectivity index (χ1) is 17.4. The first-order valence-electron chi connectivity index (χ1n) is 11.5. The molecule has 1 aromatic carbocycles. The van der Waals surface area contributed by atoms with Crippen LogP contribution in [0.2, 0.25) is 0 Å². The third-order valence-corrected chi connectivity index (χ3v) is 5.47. The molecular weight excluding hydrogens is 496 g/mol. The van der Waals surface area contributed by atoms with Crippen molar-refractivity contribution in [3.8, 4) is 0 Å². The van der Waals surface area contributed by atoms with E-state index in [0.29, 0.717) is 18.6 Å². The van der Waals surface area contributed by atoms with Gasteiger partial charge in [-0.05, 0) is 25.0 Å². The zero-order chi connectivity index (χ0) is 28.6. The fourth-order valence-corrected chi connectivity index (χ4v) is 3.02. The second-order valence-electron chi connectivity index (χ2n) is 8.27. The summed E-state index contributed by atoms with van der Waals surface area (Å²) in [4.78, 5) is 54.5. The smallest absolute Gasteiger partial charge is 0.336 e. The van der Waals surface area contributed by atoms with Crippen LogP contribution >= 0.6 is 0 Å². The summed E-state index contributed by atoms with van der Waals surface area (Å²) < 4.78 is 5.04. The Morgan fingerprint density at radius 2 is 1.05 bits per heavy atom. The zero-order valence-corrected chi connectivity index (χ0v) is 20.5. The molecule has 0 aromatic heterocycles. The van der Waals surface area contributed by atoms with Crippen molar-refractivity contribution in [1.29, 1.82) is 0 Å². The van der Waals surface area contributed by atoms with Gasteiger partial charge in [-0.3, -0.25) is 4.79 Å². The highest BCUT2D eigenvalue weighted by molar-refractivity contribution is 6.09. The molecule has 0 atom stereocenters. The van der Waals surface area contributed by atoms with Crippen molar-refractivity contribution in [2.24, 2.45) is 5.41 Å². The van der Waals surface area contributed by atoms with Crippen molar-refractivity contribution in [2.45, 2.75) is 51.9 Å². The number of carbonyl (C=O) groups excluding carboxylic acids is 1. The van der Waals surface area contributed by atoms with E-state index in [9.17, 15) is 24.0 Å². The van der Waals surface area contributed by atoms with Crippen molar-refractivity contribution in [2.75, 3.05) is 26.4 Å². The van der Waals surface area contributed by atoms with Crippen LogP contribution in [0.5, 0.6) is 0 Å². The van der Waals surface area contributed by atoms with Crippen LogP contribution in [0.3, 0.4) is 0 Å². The monoisotopic (exact) mass is 530 g/mol. The number of hydrogen-bond acceptors (Lipinski definition) is 9. The molecule has 0 saturated heterocycles. The molecule has 0 amide bonds. The lowest BCUT2D eigenvalue weighted by Gasteiger charge is -2.26. The molecule has 208 valence electrons. The number of benzene rings is 1. The van der Waals surface area contributed by atoms with Crippen molar-refractivity contribution in [1.82, 2.24) is 0 Å². The Balaban J connectivity index is 0.000000701. The molecule has 0 aliphatic carbocycles. The molecule has 0 unspecified atom stereocenters. The highest BCUT2D eigenvalue weighted by Gasteiger charge is 2.28. The Morgan fingerprint density at radius 1 is 0.676 bits per heavy atom. The summed E-state index contributed by atoms with van der Waals surface area (Å²) in [6.07, 6.45) is 6.07. The van der Waals surface area contributed by atoms with E-state index in [1.54, 1.807) is 0 Å². The average Bonchev–Trinajstić information content (AvgIpc) is 2.86. The molecule has 0 aliphatic heterocycles.